The third-order valence-corrected chi connectivity index (χ3v) is 3.56. The van der Waals surface area contributed by atoms with Crippen molar-refractivity contribution in [2.75, 3.05) is 5.32 Å². The number of ketones is 2. The van der Waals surface area contributed by atoms with E-state index >= 15 is 0 Å². The zero-order valence-electron chi connectivity index (χ0n) is 12.3. The second-order valence-corrected chi connectivity index (χ2v) is 6.18. The molecular formula is C15H16N2O5. The van der Waals surface area contributed by atoms with Crippen molar-refractivity contribution in [3.8, 4) is 0 Å². The number of nitrogens with zero attached hydrogens (tertiary/aromatic N) is 1. The average molecular weight is 304 g/mol. The molecule has 0 bridgehead atoms. The molecule has 116 valence electrons. The van der Waals surface area contributed by atoms with Gasteiger partial charge in [-0.25, -0.2) is 0 Å². The van der Waals surface area contributed by atoms with Crippen molar-refractivity contribution in [3.05, 3.63) is 34.4 Å². The van der Waals surface area contributed by atoms with Crippen LogP contribution in [0.1, 0.15) is 26.7 Å². The summed E-state index contributed by atoms with van der Waals surface area (Å²) < 4.78 is 0. The number of nitro benzene ring substituents is 1. The predicted molar refractivity (Wildman–Crippen MR) is 78.2 cm³/mol. The number of hydrogen-bond donors (Lipinski definition) is 1. The maximum absolute atomic E-state index is 12.1. The Balaban J connectivity index is 2.10. The van der Waals surface area contributed by atoms with Gasteiger partial charge in [0.05, 0.1) is 4.92 Å². The lowest BCUT2D eigenvalue weighted by Gasteiger charge is -2.31. The quantitative estimate of drug-likeness (QED) is 0.523. The molecule has 1 aromatic carbocycles. The topological polar surface area (TPSA) is 106 Å². The highest BCUT2D eigenvalue weighted by Gasteiger charge is 2.43. The number of carbonyl (C=O) groups is 3. The zero-order chi connectivity index (χ0) is 16.5. The van der Waals surface area contributed by atoms with Crippen molar-refractivity contribution in [3.63, 3.8) is 0 Å². The van der Waals surface area contributed by atoms with Gasteiger partial charge in [0.15, 0.2) is 17.5 Å². The van der Waals surface area contributed by atoms with Crippen LogP contribution in [0, 0.1) is 21.4 Å². The molecule has 7 nitrogen and oxygen atoms in total. The molecule has 1 aromatic rings. The molecule has 7 heteroatoms. The second-order valence-electron chi connectivity index (χ2n) is 6.18. The molecule has 0 unspecified atom stereocenters. The van der Waals surface area contributed by atoms with Gasteiger partial charge in [-0.1, -0.05) is 13.8 Å². The highest BCUT2D eigenvalue weighted by Crippen LogP contribution is 2.34. The molecule has 0 spiro atoms. The third-order valence-electron chi connectivity index (χ3n) is 3.56. The van der Waals surface area contributed by atoms with Crippen LogP contribution in [0.3, 0.4) is 0 Å². The molecule has 0 aromatic heterocycles. The third kappa shape index (κ3) is 3.36. The van der Waals surface area contributed by atoms with Gasteiger partial charge in [0, 0.05) is 30.7 Å². The molecule has 1 aliphatic rings. The van der Waals surface area contributed by atoms with Crippen LogP contribution in [0.4, 0.5) is 11.4 Å². The van der Waals surface area contributed by atoms with Crippen molar-refractivity contribution in [2.24, 2.45) is 11.3 Å². The molecule has 1 fully saturated rings. The van der Waals surface area contributed by atoms with Gasteiger partial charge in [-0.2, -0.15) is 0 Å². The maximum Gasteiger partial charge on any atom is 0.269 e. The number of hydrogen-bond acceptors (Lipinski definition) is 5. The first-order valence-electron chi connectivity index (χ1n) is 6.80. The summed E-state index contributed by atoms with van der Waals surface area (Å²) in [5.41, 5.74) is -0.219. The van der Waals surface area contributed by atoms with E-state index in [-0.39, 0.29) is 30.1 Å². The smallest absolute Gasteiger partial charge is 0.269 e. The summed E-state index contributed by atoms with van der Waals surface area (Å²) >= 11 is 0. The van der Waals surface area contributed by atoms with Crippen LogP contribution >= 0.6 is 0 Å². The largest absolute Gasteiger partial charge is 0.325 e. The number of benzene rings is 1. The van der Waals surface area contributed by atoms with E-state index in [0.717, 1.165) is 0 Å². The minimum Gasteiger partial charge on any atom is -0.325 e. The molecular weight excluding hydrogens is 288 g/mol. The summed E-state index contributed by atoms with van der Waals surface area (Å²) in [4.78, 5) is 46.2. The summed E-state index contributed by atoms with van der Waals surface area (Å²) in [6.45, 7) is 3.63. The summed E-state index contributed by atoms with van der Waals surface area (Å²) in [5.74, 6) is -2.75. The number of non-ortho nitro benzene ring substituents is 1. The van der Waals surface area contributed by atoms with Gasteiger partial charge < -0.3 is 5.32 Å². The minimum atomic E-state index is -1.29. The molecule has 0 heterocycles. The van der Waals surface area contributed by atoms with E-state index < -0.39 is 22.2 Å². The molecule has 0 radical (unpaired) electrons. The molecule has 22 heavy (non-hydrogen) atoms. The highest BCUT2D eigenvalue weighted by molar-refractivity contribution is 6.23. The highest BCUT2D eigenvalue weighted by atomic mass is 16.6. The van der Waals surface area contributed by atoms with Crippen LogP contribution in [0.15, 0.2) is 24.3 Å². The van der Waals surface area contributed by atoms with Crippen LogP contribution in [-0.2, 0) is 14.4 Å². The van der Waals surface area contributed by atoms with Gasteiger partial charge in [-0.05, 0) is 17.5 Å². The van der Waals surface area contributed by atoms with Gasteiger partial charge in [-0.15, -0.1) is 0 Å². The number of anilines is 1. The molecule has 2 rings (SSSR count). The average Bonchev–Trinajstić information content (AvgIpc) is 2.36. The Kier molecular flexibility index (Phi) is 4.07. The first kappa shape index (κ1) is 15.8. The van der Waals surface area contributed by atoms with Crippen LogP contribution < -0.4 is 5.32 Å². The Hall–Kier alpha value is -2.57. The fourth-order valence-corrected chi connectivity index (χ4v) is 2.56. The molecule has 1 amide bonds. The Morgan fingerprint density at radius 3 is 2.14 bits per heavy atom. The van der Waals surface area contributed by atoms with Crippen molar-refractivity contribution in [1.29, 1.82) is 0 Å². The number of rotatable bonds is 3. The fraction of sp³-hybridized carbons (Fsp3) is 0.400. The number of nitro groups is 1. The first-order valence-corrected chi connectivity index (χ1v) is 6.80. The van der Waals surface area contributed by atoms with E-state index in [1.807, 2.05) is 13.8 Å². The maximum atomic E-state index is 12.1. The minimum absolute atomic E-state index is 0.107. The second kappa shape index (κ2) is 5.67. The van der Waals surface area contributed by atoms with Gasteiger partial charge in [0.1, 0.15) is 0 Å². The molecule has 1 aliphatic carbocycles. The van der Waals surface area contributed by atoms with Crippen molar-refractivity contribution >= 4 is 28.8 Å². The molecule has 1 saturated carbocycles. The van der Waals surface area contributed by atoms with Crippen LogP contribution in [0.5, 0.6) is 0 Å². The van der Waals surface area contributed by atoms with Gasteiger partial charge >= 0.3 is 0 Å². The number of amides is 1. The molecule has 0 atom stereocenters. The van der Waals surface area contributed by atoms with E-state index in [9.17, 15) is 24.5 Å². The molecule has 0 aliphatic heterocycles. The number of nitrogens with one attached hydrogen (secondary N) is 1. The lowest BCUT2D eigenvalue weighted by Crippen LogP contribution is -2.44. The van der Waals surface area contributed by atoms with Crippen molar-refractivity contribution in [1.82, 2.24) is 0 Å². The standard InChI is InChI=1S/C15H16N2O5/c1-15(2)7-11(18)13(12(19)8-15)14(20)16-9-3-5-10(6-4-9)17(21)22/h3-6,13H,7-8H2,1-2H3,(H,16,20). The summed E-state index contributed by atoms with van der Waals surface area (Å²) in [5, 5.41) is 13.0. The van der Waals surface area contributed by atoms with Gasteiger partial charge in [-0.3, -0.25) is 24.5 Å². The van der Waals surface area contributed by atoms with Crippen LogP contribution in [0.2, 0.25) is 0 Å². The van der Waals surface area contributed by atoms with E-state index in [1.54, 1.807) is 0 Å². The van der Waals surface area contributed by atoms with E-state index in [1.165, 1.54) is 24.3 Å². The number of Topliss-reactive ketones (excluding diaryl/α,β-unsaturated/α-hetero) is 2. The SMILES string of the molecule is CC1(C)CC(=O)C(C(=O)Nc2ccc([N+](=O)[O-])cc2)C(=O)C1. The predicted octanol–water partition coefficient (Wildman–Crippen LogP) is 2.11. The van der Waals surface area contributed by atoms with Crippen molar-refractivity contribution in [2.45, 2.75) is 26.7 Å². The summed E-state index contributed by atoms with van der Waals surface area (Å²) in [7, 11) is 0. The Bertz CT molecular complexity index is 628. The van der Waals surface area contributed by atoms with Gasteiger partial charge in [0.25, 0.3) is 5.69 Å². The zero-order valence-corrected chi connectivity index (χ0v) is 12.3. The normalized spacial score (nSPS) is 18.1. The molecule has 1 N–H and O–H groups in total. The molecule has 0 saturated heterocycles. The van der Waals surface area contributed by atoms with E-state index in [0.29, 0.717) is 5.69 Å². The summed E-state index contributed by atoms with van der Waals surface area (Å²) in [6, 6.07) is 5.20. The summed E-state index contributed by atoms with van der Waals surface area (Å²) in [6.07, 6.45) is 0.355. The monoisotopic (exact) mass is 304 g/mol. The lowest BCUT2D eigenvalue weighted by molar-refractivity contribution is -0.384. The Labute approximate surface area is 126 Å². The Morgan fingerprint density at radius 2 is 1.68 bits per heavy atom. The van der Waals surface area contributed by atoms with Crippen LogP contribution in [0.25, 0.3) is 0 Å². The lowest BCUT2D eigenvalue weighted by atomic mass is 9.71. The fourth-order valence-electron chi connectivity index (χ4n) is 2.56. The number of carbonyl (C=O) groups excluding carboxylic acids is 3. The first-order chi connectivity index (χ1) is 10.2. The van der Waals surface area contributed by atoms with E-state index in [4.69, 9.17) is 0 Å². The van der Waals surface area contributed by atoms with Crippen LogP contribution in [-0.4, -0.2) is 22.4 Å². The Morgan fingerprint density at radius 1 is 1.18 bits per heavy atom. The van der Waals surface area contributed by atoms with Crippen molar-refractivity contribution < 1.29 is 19.3 Å². The van der Waals surface area contributed by atoms with Gasteiger partial charge in [0.2, 0.25) is 5.91 Å². The van der Waals surface area contributed by atoms with E-state index in [2.05, 4.69) is 5.32 Å².